The van der Waals surface area contributed by atoms with Gasteiger partial charge in [-0.3, -0.25) is 4.90 Å². The first-order valence-corrected chi connectivity index (χ1v) is 7.41. The van der Waals surface area contributed by atoms with Gasteiger partial charge in [-0.2, -0.15) is 13.5 Å². The molecule has 1 atom stereocenters. The zero-order valence-corrected chi connectivity index (χ0v) is 12.7. The third-order valence-electron chi connectivity index (χ3n) is 3.82. The third kappa shape index (κ3) is 3.80. The number of piperazine rings is 1. The van der Waals surface area contributed by atoms with Gasteiger partial charge in [0.15, 0.2) is 5.82 Å². The molecule has 3 rings (SSSR count). The van der Waals surface area contributed by atoms with Crippen LogP contribution >= 0.6 is 0 Å². The van der Waals surface area contributed by atoms with Crippen LogP contribution in [0.1, 0.15) is 12.7 Å². The SMILES string of the molecule is C[C@@H]1CNCCN1Cc1nnnn1-c1ccc(OC(F)F)cc1. The van der Waals surface area contributed by atoms with E-state index < -0.39 is 6.61 Å². The van der Waals surface area contributed by atoms with Crippen LogP contribution in [0.3, 0.4) is 0 Å². The van der Waals surface area contributed by atoms with Crippen LogP contribution < -0.4 is 10.1 Å². The smallest absolute Gasteiger partial charge is 0.387 e. The van der Waals surface area contributed by atoms with Crippen molar-refractivity contribution < 1.29 is 13.5 Å². The molecule has 23 heavy (non-hydrogen) atoms. The first-order valence-electron chi connectivity index (χ1n) is 7.41. The number of aromatic nitrogens is 4. The van der Waals surface area contributed by atoms with Gasteiger partial charge in [-0.05, 0) is 41.6 Å². The van der Waals surface area contributed by atoms with E-state index >= 15 is 0 Å². The van der Waals surface area contributed by atoms with Crippen LogP contribution in [0.15, 0.2) is 24.3 Å². The van der Waals surface area contributed by atoms with Gasteiger partial charge < -0.3 is 10.1 Å². The summed E-state index contributed by atoms with van der Waals surface area (Å²) in [5.41, 5.74) is 0.703. The molecule has 0 radical (unpaired) electrons. The van der Waals surface area contributed by atoms with Crippen LogP contribution in [-0.4, -0.2) is 57.4 Å². The maximum atomic E-state index is 12.2. The minimum absolute atomic E-state index is 0.106. The predicted octanol–water partition coefficient (Wildman–Crippen LogP) is 1.06. The van der Waals surface area contributed by atoms with E-state index in [1.54, 1.807) is 16.8 Å². The molecule has 9 heteroatoms. The Labute approximate surface area is 132 Å². The van der Waals surface area contributed by atoms with Gasteiger partial charge in [-0.15, -0.1) is 5.10 Å². The number of benzene rings is 1. The molecular weight excluding hydrogens is 306 g/mol. The molecule has 1 saturated heterocycles. The molecule has 1 N–H and O–H groups in total. The van der Waals surface area contributed by atoms with E-state index in [0.717, 1.165) is 19.6 Å². The van der Waals surface area contributed by atoms with Crippen LogP contribution in [0.2, 0.25) is 0 Å². The second-order valence-corrected chi connectivity index (χ2v) is 5.40. The van der Waals surface area contributed by atoms with Crippen molar-refractivity contribution in [2.45, 2.75) is 26.1 Å². The highest BCUT2D eigenvalue weighted by atomic mass is 19.3. The Kier molecular flexibility index (Phi) is 4.77. The molecule has 0 saturated carbocycles. The number of nitrogens with zero attached hydrogens (tertiary/aromatic N) is 5. The highest BCUT2D eigenvalue weighted by molar-refractivity contribution is 5.37. The Morgan fingerprint density at radius 3 is 2.83 bits per heavy atom. The minimum Gasteiger partial charge on any atom is -0.435 e. The van der Waals surface area contributed by atoms with Crippen molar-refractivity contribution in [3.05, 3.63) is 30.1 Å². The standard InChI is InChI=1S/C14H18F2N6O/c1-10-8-17-6-7-21(10)9-13-18-19-20-22(13)11-2-4-12(5-3-11)23-14(15)16/h2-5,10,14,17H,6-9H2,1H3/t10-/m1/s1. The van der Waals surface area contributed by atoms with E-state index in [9.17, 15) is 8.78 Å². The summed E-state index contributed by atoms with van der Waals surface area (Å²) in [6.45, 7) is 2.74. The Morgan fingerprint density at radius 2 is 2.13 bits per heavy atom. The average Bonchev–Trinajstić information content (AvgIpc) is 2.98. The van der Waals surface area contributed by atoms with E-state index in [2.05, 4.69) is 37.4 Å². The number of hydrogen-bond donors (Lipinski definition) is 1. The number of ether oxygens (including phenoxy) is 1. The summed E-state index contributed by atoms with van der Waals surface area (Å²) in [4.78, 5) is 2.30. The lowest BCUT2D eigenvalue weighted by Crippen LogP contribution is -2.49. The quantitative estimate of drug-likeness (QED) is 0.887. The zero-order chi connectivity index (χ0) is 16.2. The van der Waals surface area contributed by atoms with Gasteiger partial charge in [0, 0.05) is 25.7 Å². The van der Waals surface area contributed by atoms with Crippen LogP contribution in [0.25, 0.3) is 5.69 Å². The van der Waals surface area contributed by atoms with Crippen molar-refractivity contribution in [3.63, 3.8) is 0 Å². The number of hydrogen-bond acceptors (Lipinski definition) is 6. The minimum atomic E-state index is -2.83. The monoisotopic (exact) mass is 324 g/mol. The van der Waals surface area contributed by atoms with E-state index in [4.69, 9.17) is 0 Å². The molecule has 1 fully saturated rings. The largest absolute Gasteiger partial charge is 0.435 e. The molecule has 1 aliphatic heterocycles. The molecule has 1 aromatic heterocycles. The molecule has 0 aliphatic carbocycles. The van der Waals surface area contributed by atoms with Crippen LogP contribution in [-0.2, 0) is 6.54 Å². The molecule has 0 amide bonds. The highest BCUT2D eigenvalue weighted by Crippen LogP contribution is 2.18. The molecule has 0 spiro atoms. The van der Waals surface area contributed by atoms with E-state index in [0.29, 0.717) is 24.1 Å². The summed E-state index contributed by atoms with van der Waals surface area (Å²) in [7, 11) is 0. The Bertz CT molecular complexity index is 632. The van der Waals surface area contributed by atoms with Crippen molar-refractivity contribution in [2.75, 3.05) is 19.6 Å². The van der Waals surface area contributed by atoms with E-state index in [1.807, 2.05) is 0 Å². The maximum Gasteiger partial charge on any atom is 0.387 e. The third-order valence-corrected chi connectivity index (χ3v) is 3.82. The summed E-state index contributed by atoms with van der Waals surface area (Å²) in [5, 5.41) is 15.1. The molecule has 7 nitrogen and oxygen atoms in total. The topological polar surface area (TPSA) is 68.1 Å². The molecule has 0 unspecified atom stereocenters. The van der Waals surface area contributed by atoms with Crippen molar-refractivity contribution in [1.29, 1.82) is 0 Å². The predicted molar refractivity (Wildman–Crippen MR) is 78.5 cm³/mol. The van der Waals surface area contributed by atoms with Crippen molar-refractivity contribution in [1.82, 2.24) is 30.4 Å². The van der Waals surface area contributed by atoms with Crippen LogP contribution in [0.4, 0.5) is 8.78 Å². The van der Waals surface area contributed by atoms with Crippen LogP contribution in [0, 0.1) is 0 Å². The normalized spacial score (nSPS) is 19.2. The summed E-state index contributed by atoms with van der Waals surface area (Å²) < 4.78 is 30.3. The number of nitrogens with one attached hydrogen (secondary N) is 1. The lowest BCUT2D eigenvalue weighted by molar-refractivity contribution is -0.0498. The summed E-state index contributed by atoms with van der Waals surface area (Å²) in [5.74, 6) is 0.815. The number of alkyl halides is 2. The molecule has 0 bridgehead atoms. The van der Waals surface area contributed by atoms with Gasteiger partial charge in [-0.25, -0.2) is 0 Å². The van der Waals surface area contributed by atoms with E-state index in [1.165, 1.54) is 12.1 Å². The molecule has 2 heterocycles. The fourth-order valence-corrected chi connectivity index (χ4v) is 2.57. The number of halogens is 2. The van der Waals surface area contributed by atoms with Gasteiger partial charge >= 0.3 is 6.61 Å². The lowest BCUT2D eigenvalue weighted by Gasteiger charge is -2.33. The van der Waals surface area contributed by atoms with Crippen molar-refractivity contribution in [3.8, 4) is 11.4 Å². The average molecular weight is 324 g/mol. The number of tetrazole rings is 1. The fraction of sp³-hybridized carbons (Fsp3) is 0.500. The van der Waals surface area contributed by atoms with Gasteiger partial charge in [0.25, 0.3) is 0 Å². The van der Waals surface area contributed by atoms with Gasteiger partial charge in [0.05, 0.1) is 12.2 Å². The van der Waals surface area contributed by atoms with Crippen molar-refractivity contribution in [2.24, 2.45) is 0 Å². The molecule has 1 aromatic carbocycles. The van der Waals surface area contributed by atoms with Gasteiger partial charge in [-0.1, -0.05) is 0 Å². The second kappa shape index (κ2) is 6.97. The molecule has 1 aliphatic rings. The first kappa shape index (κ1) is 15.8. The summed E-state index contributed by atoms with van der Waals surface area (Å²) in [6.07, 6.45) is 0. The van der Waals surface area contributed by atoms with Crippen LogP contribution in [0.5, 0.6) is 5.75 Å². The first-order chi connectivity index (χ1) is 11.1. The molecular formula is C14H18F2N6O. The van der Waals surface area contributed by atoms with E-state index in [-0.39, 0.29) is 5.75 Å². The Balaban J connectivity index is 1.75. The Hall–Kier alpha value is -2.13. The second-order valence-electron chi connectivity index (χ2n) is 5.40. The fourth-order valence-electron chi connectivity index (χ4n) is 2.57. The lowest BCUT2D eigenvalue weighted by atomic mass is 10.2. The zero-order valence-electron chi connectivity index (χ0n) is 12.7. The maximum absolute atomic E-state index is 12.2. The van der Waals surface area contributed by atoms with Crippen molar-refractivity contribution >= 4 is 0 Å². The highest BCUT2D eigenvalue weighted by Gasteiger charge is 2.21. The molecule has 2 aromatic rings. The van der Waals surface area contributed by atoms with Gasteiger partial charge in [0.2, 0.25) is 0 Å². The Morgan fingerprint density at radius 1 is 1.35 bits per heavy atom. The van der Waals surface area contributed by atoms with Gasteiger partial charge in [0.1, 0.15) is 5.75 Å². The summed E-state index contributed by atoms with van der Waals surface area (Å²) in [6, 6.07) is 6.65. The summed E-state index contributed by atoms with van der Waals surface area (Å²) >= 11 is 0. The molecule has 124 valence electrons. The number of rotatable bonds is 5.